The molecule has 0 unspecified atom stereocenters. The van der Waals surface area contributed by atoms with Gasteiger partial charge in [-0.3, -0.25) is 4.79 Å². The lowest BCUT2D eigenvalue weighted by atomic mass is 10.1. The molecule has 0 saturated carbocycles. The van der Waals surface area contributed by atoms with E-state index in [1.54, 1.807) is 12.5 Å². The minimum absolute atomic E-state index is 0.0782. The molecule has 1 amide bonds. The quantitative estimate of drug-likeness (QED) is 0.780. The minimum atomic E-state index is 0.0782. The maximum atomic E-state index is 12.4. The third-order valence-corrected chi connectivity index (χ3v) is 3.45. The van der Waals surface area contributed by atoms with Gasteiger partial charge in [-0.05, 0) is 19.1 Å². The predicted octanol–water partition coefficient (Wildman–Crippen LogP) is 1.98. The van der Waals surface area contributed by atoms with E-state index in [4.69, 9.17) is 0 Å². The van der Waals surface area contributed by atoms with Crippen molar-refractivity contribution < 1.29 is 4.79 Å². The van der Waals surface area contributed by atoms with Crippen LogP contribution in [0.5, 0.6) is 0 Å². The van der Waals surface area contributed by atoms with Gasteiger partial charge in [-0.2, -0.15) is 0 Å². The number of fused-ring (bicyclic) bond motifs is 1. The van der Waals surface area contributed by atoms with Crippen LogP contribution in [-0.2, 0) is 13.0 Å². The van der Waals surface area contributed by atoms with E-state index in [0.29, 0.717) is 6.54 Å². The molecule has 0 atom stereocenters. The Kier molecular flexibility index (Phi) is 2.99. The van der Waals surface area contributed by atoms with Crippen LogP contribution in [-0.4, -0.2) is 27.3 Å². The number of hydrogen-bond donors (Lipinski definition) is 0. The molecule has 0 bridgehead atoms. The summed E-state index contributed by atoms with van der Waals surface area (Å²) < 4.78 is 0. The Hall–Kier alpha value is -2.23. The number of nitrogens with zero attached hydrogens (tertiary/aromatic N) is 3. The van der Waals surface area contributed by atoms with Crippen molar-refractivity contribution in [3.63, 3.8) is 0 Å². The molecule has 0 radical (unpaired) electrons. The first kappa shape index (κ1) is 11.8. The minimum Gasteiger partial charge on any atom is -0.334 e. The number of rotatable bonds is 1. The number of aryl methyl sites for hydroxylation is 1. The summed E-state index contributed by atoms with van der Waals surface area (Å²) in [5.41, 5.74) is 4.01. The number of hydrogen-bond acceptors (Lipinski definition) is 3. The molecule has 1 aliphatic rings. The maximum absolute atomic E-state index is 12.4. The zero-order valence-electron chi connectivity index (χ0n) is 10.8. The van der Waals surface area contributed by atoms with Crippen LogP contribution in [0.2, 0.25) is 0 Å². The second kappa shape index (κ2) is 4.80. The number of carbonyl (C=O) groups is 1. The van der Waals surface area contributed by atoms with Gasteiger partial charge in [-0.25, -0.2) is 9.97 Å². The molecular weight excluding hydrogens is 238 g/mol. The Morgan fingerprint density at radius 1 is 1.26 bits per heavy atom. The summed E-state index contributed by atoms with van der Waals surface area (Å²) in [6, 6.07) is 7.70. The summed E-state index contributed by atoms with van der Waals surface area (Å²) >= 11 is 0. The highest BCUT2D eigenvalue weighted by atomic mass is 16.2. The molecular formula is C15H15N3O. The molecule has 4 nitrogen and oxygen atoms in total. The van der Waals surface area contributed by atoms with Gasteiger partial charge >= 0.3 is 0 Å². The van der Waals surface area contributed by atoms with Gasteiger partial charge in [0.25, 0.3) is 5.91 Å². The number of amides is 1. The van der Waals surface area contributed by atoms with Crippen LogP contribution < -0.4 is 0 Å². The normalized spacial score (nSPS) is 14.1. The average molecular weight is 253 g/mol. The van der Waals surface area contributed by atoms with Crippen LogP contribution in [0.25, 0.3) is 0 Å². The highest BCUT2D eigenvalue weighted by molar-refractivity contribution is 5.94. The van der Waals surface area contributed by atoms with Gasteiger partial charge < -0.3 is 4.90 Å². The fourth-order valence-electron chi connectivity index (χ4n) is 2.32. The molecule has 96 valence electrons. The lowest BCUT2D eigenvalue weighted by Gasteiger charge is -2.27. The molecule has 0 saturated heterocycles. The molecule has 0 fully saturated rings. The van der Waals surface area contributed by atoms with E-state index < -0.39 is 0 Å². The van der Waals surface area contributed by atoms with Gasteiger partial charge in [0, 0.05) is 36.8 Å². The monoisotopic (exact) mass is 253 g/mol. The van der Waals surface area contributed by atoms with E-state index in [1.165, 1.54) is 0 Å². The van der Waals surface area contributed by atoms with E-state index in [2.05, 4.69) is 9.97 Å². The standard InChI is InChI=1S/C15H15N3O/c1-11-2-4-12(5-3-11)15(19)18-7-6-14-13(9-18)8-16-10-17-14/h2-5,8,10H,6-7,9H2,1H3. The molecule has 2 aromatic rings. The van der Waals surface area contributed by atoms with Crippen LogP contribution in [0, 0.1) is 6.92 Å². The van der Waals surface area contributed by atoms with E-state index in [0.717, 1.165) is 35.3 Å². The van der Waals surface area contributed by atoms with E-state index in [-0.39, 0.29) is 5.91 Å². The maximum Gasteiger partial charge on any atom is 0.254 e. The van der Waals surface area contributed by atoms with Gasteiger partial charge in [0.15, 0.2) is 0 Å². The SMILES string of the molecule is Cc1ccc(C(=O)N2CCc3ncncc3C2)cc1. The molecule has 0 spiro atoms. The van der Waals surface area contributed by atoms with Crippen molar-refractivity contribution in [2.45, 2.75) is 19.9 Å². The van der Waals surface area contributed by atoms with Gasteiger partial charge in [0.2, 0.25) is 0 Å². The third kappa shape index (κ3) is 2.34. The summed E-state index contributed by atoms with van der Waals surface area (Å²) in [4.78, 5) is 22.5. The predicted molar refractivity (Wildman–Crippen MR) is 71.7 cm³/mol. The first-order valence-corrected chi connectivity index (χ1v) is 6.38. The highest BCUT2D eigenvalue weighted by Crippen LogP contribution is 2.18. The number of carbonyl (C=O) groups excluding carboxylic acids is 1. The smallest absolute Gasteiger partial charge is 0.254 e. The van der Waals surface area contributed by atoms with Crippen molar-refractivity contribution in [1.29, 1.82) is 0 Å². The van der Waals surface area contributed by atoms with Crippen LogP contribution >= 0.6 is 0 Å². The topological polar surface area (TPSA) is 46.1 Å². The molecule has 3 rings (SSSR count). The van der Waals surface area contributed by atoms with Crippen LogP contribution in [0.15, 0.2) is 36.8 Å². The van der Waals surface area contributed by atoms with Crippen molar-refractivity contribution in [3.05, 3.63) is 59.2 Å². The lowest BCUT2D eigenvalue weighted by molar-refractivity contribution is 0.0733. The van der Waals surface area contributed by atoms with E-state index in [1.807, 2.05) is 36.1 Å². The first-order valence-electron chi connectivity index (χ1n) is 6.38. The van der Waals surface area contributed by atoms with Gasteiger partial charge in [-0.15, -0.1) is 0 Å². The fourth-order valence-corrected chi connectivity index (χ4v) is 2.32. The van der Waals surface area contributed by atoms with E-state index >= 15 is 0 Å². The molecule has 1 aliphatic heterocycles. The van der Waals surface area contributed by atoms with Crippen LogP contribution in [0.4, 0.5) is 0 Å². The molecule has 1 aromatic heterocycles. The van der Waals surface area contributed by atoms with Crippen molar-refractivity contribution in [2.75, 3.05) is 6.54 Å². The summed E-state index contributed by atoms with van der Waals surface area (Å²) in [6.07, 6.45) is 4.17. The highest BCUT2D eigenvalue weighted by Gasteiger charge is 2.22. The second-order valence-corrected chi connectivity index (χ2v) is 4.84. The Morgan fingerprint density at radius 2 is 2.05 bits per heavy atom. The van der Waals surface area contributed by atoms with Gasteiger partial charge in [-0.1, -0.05) is 17.7 Å². The van der Waals surface area contributed by atoms with Crippen molar-refractivity contribution in [1.82, 2.24) is 14.9 Å². The molecule has 1 aromatic carbocycles. The Balaban J connectivity index is 1.81. The first-order chi connectivity index (χ1) is 9.24. The lowest BCUT2D eigenvalue weighted by Crippen LogP contribution is -2.36. The van der Waals surface area contributed by atoms with Gasteiger partial charge in [0.05, 0.1) is 5.69 Å². The largest absolute Gasteiger partial charge is 0.334 e. The van der Waals surface area contributed by atoms with Crippen LogP contribution in [0.1, 0.15) is 27.2 Å². The van der Waals surface area contributed by atoms with Crippen molar-refractivity contribution in [3.8, 4) is 0 Å². The molecule has 2 heterocycles. The summed E-state index contributed by atoms with van der Waals surface area (Å²) in [7, 11) is 0. The zero-order valence-corrected chi connectivity index (χ0v) is 10.8. The molecule has 19 heavy (non-hydrogen) atoms. The Bertz CT molecular complexity index is 607. The fraction of sp³-hybridized carbons (Fsp3) is 0.267. The molecule has 4 heteroatoms. The van der Waals surface area contributed by atoms with Crippen molar-refractivity contribution >= 4 is 5.91 Å². The number of benzene rings is 1. The summed E-state index contributed by atoms with van der Waals surface area (Å²) in [6.45, 7) is 3.34. The second-order valence-electron chi connectivity index (χ2n) is 4.84. The summed E-state index contributed by atoms with van der Waals surface area (Å²) in [5.74, 6) is 0.0782. The number of aromatic nitrogens is 2. The van der Waals surface area contributed by atoms with Crippen LogP contribution in [0.3, 0.4) is 0 Å². The Morgan fingerprint density at radius 3 is 2.84 bits per heavy atom. The average Bonchev–Trinajstić information content (AvgIpc) is 2.47. The zero-order chi connectivity index (χ0) is 13.2. The van der Waals surface area contributed by atoms with E-state index in [9.17, 15) is 4.79 Å². The summed E-state index contributed by atoms with van der Waals surface area (Å²) in [5, 5.41) is 0. The Labute approximate surface area is 112 Å². The molecule has 0 aliphatic carbocycles. The third-order valence-electron chi connectivity index (χ3n) is 3.45. The van der Waals surface area contributed by atoms with Crippen molar-refractivity contribution in [2.24, 2.45) is 0 Å². The van der Waals surface area contributed by atoms with Gasteiger partial charge in [0.1, 0.15) is 6.33 Å². The molecule has 0 N–H and O–H groups in total.